The lowest BCUT2D eigenvalue weighted by Gasteiger charge is -2.07. The van der Waals surface area contributed by atoms with E-state index in [9.17, 15) is 9.59 Å². The maximum Gasteiger partial charge on any atom is 0.341 e. The van der Waals surface area contributed by atoms with Crippen molar-refractivity contribution in [3.63, 3.8) is 0 Å². The molecule has 0 spiro atoms. The molecule has 2 rings (SSSR count). The first-order valence-corrected chi connectivity index (χ1v) is 6.58. The summed E-state index contributed by atoms with van der Waals surface area (Å²) >= 11 is 5.77. The van der Waals surface area contributed by atoms with E-state index in [2.05, 4.69) is 10.3 Å². The van der Waals surface area contributed by atoms with E-state index in [1.54, 1.807) is 18.2 Å². The van der Waals surface area contributed by atoms with Crippen molar-refractivity contribution in [1.82, 2.24) is 4.98 Å². The van der Waals surface area contributed by atoms with Gasteiger partial charge in [-0.3, -0.25) is 4.79 Å². The zero-order valence-corrected chi connectivity index (χ0v) is 12.1. The molecule has 0 aliphatic heterocycles. The van der Waals surface area contributed by atoms with Crippen LogP contribution in [0.2, 0.25) is 5.15 Å². The highest BCUT2D eigenvalue weighted by Gasteiger charge is 2.14. The number of pyridine rings is 1. The van der Waals surface area contributed by atoms with E-state index in [0.29, 0.717) is 5.69 Å². The number of esters is 1. The van der Waals surface area contributed by atoms with Crippen LogP contribution in [-0.2, 0) is 9.53 Å². The average Bonchev–Trinajstić information content (AvgIpc) is 2.48. The Bertz CT molecular complexity index is 656. The summed E-state index contributed by atoms with van der Waals surface area (Å²) < 4.78 is 4.89. The molecule has 108 valence electrons. The predicted octanol–water partition coefficient (Wildman–Crippen LogP) is 2.84. The number of nitrogens with zero attached hydrogens (tertiary/aromatic N) is 1. The molecule has 1 heterocycles. The summed E-state index contributed by atoms with van der Waals surface area (Å²) in [6.07, 6.45) is 1.46. The number of hydrogen-bond acceptors (Lipinski definition) is 4. The molecule has 0 atom stereocenters. The number of ether oxygens (including phenoxy) is 1. The van der Waals surface area contributed by atoms with Crippen molar-refractivity contribution in [2.45, 2.75) is 6.92 Å². The first-order chi connectivity index (χ1) is 10.1. The molecule has 0 unspecified atom stereocenters. The van der Waals surface area contributed by atoms with Crippen LogP contribution in [0.1, 0.15) is 15.9 Å². The van der Waals surface area contributed by atoms with Gasteiger partial charge in [-0.25, -0.2) is 9.78 Å². The molecule has 0 saturated carbocycles. The molecule has 1 aromatic heterocycles. The number of anilines is 1. The van der Waals surface area contributed by atoms with E-state index in [-0.39, 0.29) is 10.7 Å². The van der Waals surface area contributed by atoms with E-state index in [0.717, 1.165) is 5.56 Å². The summed E-state index contributed by atoms with van der Waals surface area (Å²) in [7, 11) is 0. The molecule has 1 N–H and O–H groups in total. The number of hydrogen-bond donors (Lipinski definition) is 1. The first-order valence-electron chi connectivity index (χ1n) is 6.20. The van der Waals surface area contributed by atoms with Gasteiger partial charge in [-0.05, 0) is 31.2 Å². The zero-order chi connectivity index (χ0) is 15.2. The van der Waals surface area contributed by atoms with Gasteiger partial charge in [0.2, 0.25) is 0 Å². The van der Waals surface area contributed by atoms with Crippen LogP contribution in [0.5, 0.6) is 0 Å². The van der Waals surface area contributed by atoms with Crippen LogP contribution in [0, 0.1) is 6.92 Å². The average molecular weight is 305 g/mol. The summed E-state index contributed by atoms with van der Waals surface area (Å²) in [5.74, 6) is -1.11. The molecule has 0 saturated heterocycles. The summed E-state index contributed by atoms with van der Waals surface area (Å²) in [5, 5.41) is 2.67. The summed E-state index contributed by atoms with van der Waals surface area (Å²) in [6.45, 7) is 1.56. The third-order valence-corrected chi connectivity index (χ3v) is 2.95. The van der Waals surface area contributed by atoms with Crippen LogP contribution < -0.4 is 5.32 Å². The van der Waals surface area contributed by atoms with Crippen molar-refractivity contribution in [3.8, 4) is 0 Å². The highest BCUT2D eigenvalue weighted by molar-refractivity contribution is 6.32. The molecule has 2 aromatic rings. The van der Waals surface area contributed by atoms with Gasteiger partial charge in [0.15, 0.2) is 6.61 Å². The quantitative estimate of drug-likeness (QED) is 0.696. The fourth-order valence-electron chi connectivity index (χ4n) is 1.58. The van der Waals surface area contributed by atoms with Gasteiger partial charge in [-0.1, -0.05) is 29.3 Å². The number of carbonyl (C=O) groups excluding carboxylic acids is 2. The number of aromatic nitrogens is 1. The maximum atomic E-state index is 11.7. The second-order valence-corrected chi connectivity index (χ2v) is 4.69. The molecule has 1 amide bonds. The fraction of sp³-hybridized carbons (Fsp3) is 0.133. The van der Waals surface area contributed by atoms with Crippen LogP contribution >= 0.6 is 11.6 Å². The smallest absolute Gasteiger partial charge is 0.341 e. The van der Waals surface area contributed by atoms with Crippen molar-refractivity contribution >= 4 is 29.2 Å². The molecule has 6 heteroatoms. The SMILES string of the molecule is Cc1ccc(NC(=O)COC(=O)c2cccnc2Cl)cc1. The van der Waals surface area contributed by atoms with Gasteiger partial charge in [0.05, 0.1) is 5.56 Å². The zero-order valence-electron chi connectivity index (χ0n) is 11.3. The normalized spacial score (nSPS) is 10.0. The number of carbonyl (C=O) groups is 2. The Labute approximate surface area is 126 Å². The van der Waals surface area contributed by atoms with Crippen LogP contribution in [-0.4, -0.2) is 23.5 Å². The van der Waals surface area contributed by atoms with E-state index in [1.807, 2.05) is 19.1 Å². The highest BCUT2D eigenvalue weighted by atomic mass is 35.5. The highest BCUT2D eigenvalue weighted by Crippen LogP contribution is 2.13. The maximum absolute atomic E-state index is 11.7. The Morgan fingerprint density at radius 1 is 1.24 bits per heavy atom. The van der Waals surface area contributed by atoms with Gasteiger partial charge in [-0.2, -0.15) is 0 Å². The van der Waals surface area contributed by atoms with Crippen molar-refractivity contribution in [3.05, 3.63) is 58.9 Å². The van der Waals surface area contributed by atoms with Crippen molar-refractivity contribution in [2.24, 2.45) is 0 Å². The molecule has 0 radical (unpaired) electrons. The lowest BCUT2D eigenvalue weighted by molar-refractivity contribution is -0.119. The van der Waals surface area contributed by atoms with Crippen molar-refractivity contribution in [1.29, 1.82) is 0 Å². The molecule has 0 bridgehead atoms. The molecule has 1 aromatic carbocycles. The van der Waals surface area contributed by atoms with Gasteiger partial charge < -0.3 is 10.1 Å². The minimum absolute atomic E-state index is 0.0430. The minimum atomic E-state index is -0.688. The van der Waals surface area contributed by atoms with Crippen LogP contribution in [0.15, 0.2) is 42.6 Å². The summed E-state index contributed by atoms with van der Waals surface area (Å²) in [5.41, 5.74) is 1.86. The van der Waals surface area contributed by atoms with Gasteiger partial charge in [0.25, 0.3) is 5.91 Å². The predicted molar refractivity (Wildman–Crippen MR) is 79.3 cm³/mol. The van der Waals surface area contributed by atoms with Crippen molar-refractivity contribution in [2.75, 3.05) is 11.9 Å². The lowest BCUT2D eigenvalue weighted by Crippen LogP contribution is -2.21. The second kappa shape index (κ2) is 6.85. The second-order valence-electron chi connectivity index (χ2n) is 4.33. The fourth-order valence-corrected chi connectivity index (χ4v) is 1.78. The topological polar surface area (TPSA) is 68.3 Å². The van der Waals surface area contributed by atoms with Crippen molar-refractivity contribution < 1.29 is 14.3 Å². The third-order valence-electron chi connectivity index (χ3n) is 2.65. The summed E-state index contributed by atoms with van der Waals surface area (Å²) in [6, 6.07) is 10.3. The third kappa shape index (κ3) is 4.29. The standard InChI is InChI=1S/C15H13ClN2O3/c1-10-4-6-11(7-5-10)18-13(19)9-21-15(20)12-3-2-8-17-14(12)16/h2-8H,9H2,1H3,(H,18,19). The van der Waals surface area contributed by atoms with Gasteiger partial charge >= 0.3 is 5.97 Å². The molecular formula is C15H13ClN2O3. The number of rotatable bonds is 4. The largest absolute Gasteiger partial charge is 0.452 e. The minimum Gasteiger partial charge on any atom is -0.452 e. The van der Waals surface area contributed by atoms with Crippen LogP contribution in [0.3, 0.4) is 0 Å². The molecular weight excluding hydrogens is 292 g/mol. The van der Waals surface area contributed by atoms with Crippen LogP contribution in [0.25, 0.3) is 0 Å². The molecule has 0 fully saturated rings. The number of halogens is 1. The first kappa shape index (κ1) is 15.0. The van der Waals surface area contributed by atoms with Crippen LogP contribution in [0.4, 0.5) is 5.69 Å². The van der Waals surface area contributed by atoms with E-state index >= 15 is 0 Å². The molecule has 5 nitrogen and oxygen atoms in total. The Kier molecular flexibility index (Phi) is 4.90. The molecule has 0 aliphatic carbocycles. The number of benzene rings is 1. The van der Waals surface area contributed by atoms with E-state index in [1.165, 1.54) is 12.3 Å². The Morgan fingerprint density at radius 3 is 2.62 bits per heavy atom. The summed E-state index contributed by atoms with van der Waals surface area (Å²) in [4.78, 5) is 27.2. The number of aryl methyl sites for hydroxylation is 1. The molecule has 21 heavy (non-hydrogen) atoms. The monoisotopic (exact) mass is 304 g/mol. The van der Waals surface area contributed by atoms with Gasteiger partial charge in [0.1, 0.15) is 5.15 Å². The molecule has 0 aliphatic rings. The number of amides is 1. The lowest BCUT2D eigenvalue weighted by atomic mass is 10.2. The Balaban J connectivity index is 1.88. The number of nitrogens with one attached hydrogen (secondary N) is 1. The Morgan fingerprint density at radius 2 is 1.95 bits per heavy atom. The van der Waals surface area contributed by atoms with Gasteiger partial charge in [0, 0.05) is 11.9 Å². The van der Waals surface area contributed by atoms with Gasteiger partial charge in [-0.15, -0.1) is 0 Å². The van der Waals surface area contributed by atoms with E-state index in [4.69, 9.17) is 16.3 Å². The van der Waals surface area contributed by atoms with E-state index < -0.39 is 18.5 Å². The Hall–Kier alpha value is -2.40.